The molecule has 3 heterocycles. The number of amides is 1. The zero-order valence-electron chi connectivity index (χ0n) is 12.2. The van der Waals surface area contributed by atoms with Crippen LogP contribution in [0.1, 0.15) is 11.5 Å². The Morgan fingerprint density at radius 1 is 1.29 bits per heavy atom. The normalized spacial score (nSPS) is 16.3. The molecule has 1 fully saturated rings. The summed E-state index contributed by atoms with van der Waals surface area (Å²) in [6.07, 6.45) is 3.54. The van der Waals surface area contributed by atoms with E-state index in [0.717, 1.165) is 44.2 Å². The van der Waals surface area contributed by atoms with Crippen molar-refractivity contribution < 1.29 is 9.21 Å². The number of furan rings is 1. The minimum absolute atomic E-state index is 0.135. The number of aromatic nitrogens is 2. The van der Waals surface area contributed by atoms with Crippen molar-refractivity contribution in [3.8, 4) is 0 Å². The standard InChI is InChI=1S/C15H20N4O2/c1-13-4-5-19(16-13)12-15(20)18-8-6-17(7-9-18)11-14-3-2-10-21-14/h2-5,10H,6-9,11-12H2,1H3. The van der Waals surface area contributed by atoms with Crippen LogP contribution >= 0.6 is 0 Å². The maximum atomic E-state index is 12.2. The van der Waals surface area contributed by atoms with Crippen molar-refractivity contribution in [3.05, 3.63) is 42.1 Å². The summed E-state index contributed by atoms with van der Waals surface area (Å²) in [4.78, 5) is 16.4. The van der Waals surface area contributed by atoms with Crippen LogP contribution in [0.4, 0.5) is 0 Å². The lowest BCUT2D eigenvalue weighted by Crippen LogP contribution is -2.49. The van der Waals surface area contributed by atoms with Crippen LogP contribution in [0.2, 0.25) is 0 Å². The van der Waals surface area contributed by atoms with Crippen molar-refractivity contribution in [2.75, 3.05) is 26.2 Å². The molecule has 2 aromatic rings. The van der Waals surface area contributed by atoms with Crippen molar-refractivity contribution in [3.63, 3.8) is 0 Å². The highest BCUT2D eigenvalue weighted by molar-refractivity contribution is 5.76. The fourth-order valence-electron chi connectivity index (χ4n) is 2.57. The van der Waals surface area contributed by atoms with Crippen LogP contribution in [0.3, 0.4) is 0 Å². The maximum Gasteiger partial charge on any atom is 0.244 e. The van der Waals surface area contributed by atoms with E-state index in [4.69, 9.17) is 4.42 Å². The second kappa shape index (κ2) is 6.13. The number of hydrogen-bond acceptors (Lipinski definition) is 4. The Morgan fingerprint density at radius 3 is 2.71 bits per heavy atom. The molecule has 1 aliphatic rings. The number of nitrogens with zero attached hydrogens (tertiary/aromatic N) is 4. The lowest BCUT2D eigenvalue weighted by Gasteiger charge is -2.34. The van der Waals surface area contributed by atoms with Crippen LogP contribution < -0.4 is 0 Å². The maximum absolute atomic E-state index is 12.2. The number of hydrogen-bond donors (Lipinski definition) is 0. The summed E-state index contributed by atoms with van der Waals surface area (Å²) in [7, 11) is 0. The molecule has 1 aliphatic heterocycles. The first-order valence-electron chi connectivity index (χ1n) is 7.23. The topological polar surface area (TPSA) is 54.5 Å². The van der Waals surface area contributed by atoms with Gasteiger partial charge in [-0.15, -0.1) is 0 Å². The van der Waals surface area contributed by atoms with Crippen molar-refractivity contribution >= 4 is 5.91 Å². The van der Waals surface area contributed by atoms with Gasteiger partial charge in [0.05, 0.1) is 18.5 Å². The summed E-state index contributed by atoms with van der Waals surface area (Å²) >= 11 is 0. The van der Waals surface area contributed by atoms with Gasteiger partial charge in [0, 0.05) is 32.4 Å². The first-order chi connectivity index (χ1) is 10.2. The monoisotopic (exact) mass is 288 g/mol. The second-order valence-corrected chi connectivity index (χ2v) is 5.39. The Hall–Kier alpha value is -2.08. The van der Waals surface area contributed by atoms with Gasteiger partial charge < -0.3 is 9.32 Å². The number of rotatable bonds is 4. The van der Waals surface area contributed by atoms with E-state index in [1.165, 1.54) is 0 Å². The molecule has 3 rings (SSSR count). The predicted molar refractivity (Wildman–Crippen MR) is 77.5 cm³/mol. The molecular formula is C15H20N4O2. The Labute approximate surface area is 123 Å². The zero-order valence-corrected chi connectivity index (χ0v) is 12.2. The molecular weight excluding hydrogens is 268 g/mol. The van der Waals surface area contributed by atoms with E-state index in [1.807, 2.05) is 36.2 Å². The van der Waals surface area contributed by atoms with Gasteiger partial charge in [0.1, 0.15) is 12.3 Å². The molecule has 2 aromatic heterocycles. The lowest BCUT2D eigenvalue weighted by atomic mass is 10.3. The molecule has 0 spiro atoms. The van der Waals surface area contributed by atoms with Gasteiger partial charge >= 0.3 is 0 Å². The molecule has 0 saturated carbocycles. The third kappa shape index (κ3) is 3.52. The molecule has 0 radical (unpaired) electrons. The van der Waals surface area contributed by atoms with Gasteiger partial charge in [-0.1, -0.05) is 0 Å². The highest BCUT2D eigenvalue weighted by atomic mass is 16.3. The summed E-state index contributed by atoms with van der Waals surface area (Å²) < 4.78 is 7.06. The van der Waals surface area contributed by atoms with Crippen molar-refractivity contribution in [2.24, 2.45) is 0 Å². The molecule has 0 unspecified atom stereocenters. The summed E-state index contributed by atoms with van der Waals surface area (Å²) in [6, 6.07) is 5.80. The Morgan fingerprint density at radius 2 is 2.10 bits per heavy atom. The van der Waals surface area contributed by atoms with Crippen molar-refractivity contribution in [1.82, 2.24) is 19.6 Å². The molecule has 21 heavy (non-hydrogen) atoms. The molecule has 0 bridgehead atoms. The molecule has 0 atom stereocenters. The molecule has 1 amide bonds. The third-order valence-electron chi connectivity index (χ3n) is 3.76. The van der Waals surface area contributed by atoms with Gasteiger partial charge in [-0.25, -0.2) is 0 Å². The summed E-state index contributed by atoms with van der Waals surface area (Å²) in [5, 5.41) is 4.26. The second-order valence-electron chi connectivity index (χ2n) is 5.39. The highest BCUT2D eigenvalue weighted by Gasteiger charge is 2.21. The minimum Gasteiger partial charge on any atom is -0.468 e. The molecule has 6 heteroatoms. The fraction of sp³-hybridized carbons (Fsp3) is 0.467. The van der Waals surface area contributed by atoms with E-state index in [9.17, 15) is 4.79 Å². The molecule has 6 nitrogen and oxygen atoms in total. The van der Waals surface area contributed by atoms with Crippen molar-refractivity contribution in [2.45, 2.75) is 20.0 Å². The minimum atomic E-state index is 0.135. The fourth-order valence-corrected chi connectivity index (χ4v) is 2.57. The van der Waals surface area contributed by atoms with E-state index in [-0.39, 0.29) is 5.91 Å². The average molecular weight is 288 g/mol. The predicted octanol–water partition coefficient (Wildman–Crippen LogP) is 1.13. The van der Waals surface area contributed by atoms with Crippen LogP contribution in [0.5, 0.6) is 0 Å². The quantitative estimate of drug-likeness (QED) is 0.846. The van der Waals surface area contributed by atoms with Gasteiger partial charge in [-0.2, -0.15) is 5.10 Å². The first-order valence-corrected chi connectivity index (χ1v) is 7.23. The van der Waals surface area contributed by atoms with Crippen LogP contribution in [0.25, 0.3) is 0 Å². The third-order valence-corrected chi connectivity index (χ3v) is 3.76. The number of aryl methyl sites for hydroxylation is 1. The van der Waals surface area contributed by atoms with Crippen LogP contribution in [0, 0.1) is 6.92 Å². The van der Waals surface area contributed by atoms with E-state index in [1.54, 1.807) is 10.9 Å². The van der Waals surface area contributed by atoms with Crippen LogP contribution in [-0.2, 0) is 17.9 Å². The van der Waals surface area contributed by atoms with Crippen LogP contribution in [0.15, 0.2) is 35.1 Å². The van der Waals surface area contributed by atoms with E-state index < -0.39 is 0 Å². The van der Waals surface area contributed by atoms with Gasteiger partial charge in [-0.3, -0.25) is 14.4 Å². The summed E-state index contributed by atoms with van der Waals surface area (Å²) in [5.74, 6) is 1.11. The van der Waals surface area contributed by atoms with Gasteiger partial charge in [0.15, 0.2) is 0 Å². The summed E-state index contributed by atoms with van der Waals surface area (Å²) in [5.41, 5.74) is 0.936. The van der Waals surface area contributed by atoms with Crippen LogP contribution in [-0.4, -0.2) is 51.7 Å². The Bertz CT molecular complexity index is 583. The average Bonchev–Trinajstić information content (AvgIpc) is 3.12. The molecule has 0 aliphatic carbocycles. The number of carbonyl (C=O) groups is 1. The molecule has 0 N–H and O–H groups in total. The van der Waals surface area contributed by atoms with Gasteiger partial charge in [0.25, 0.3) is 0 Å². The molecule has 112 valence electrons. The smallest absolute Gasteiger partial charge is 0.244 e. The van der Waals surface area contributed by atoms with E-state index in [0.29, 0.717) is 6.54 Å². The highest BCUT2D eigenvalue weighted by Crippen LogP contribution is 2.09. The van der Waals surface area contributed by atoms with Gasteiger partial charge in [0.2, 0.25) is 5.91 Å². The SMILES string of the molecule is Cc1ccn(CC(=O)N2CCN(Cc3ccco3)CC2)n1. The lowest BCUT2D eigenvalue weighted by molar-refractivity contribution is -0.133. The number of carbonyl (C=O) groups excluding carboxylic acids is 1. The summed E-state index contributed by atoms with van der Waals surface area (Å²) in [6.45, 7) is 6.35. The largest absolute Gasteiger partial charge is 0.468 e. The van der Waals surface area contributed by atoms with Crippen molar-refractivity contribution in [1.29, 1.82) is 0 Å². The first kappa shape index (κ1) is 13.9. The van der Waals surface area contributed by atoms with Gasteiger partial charge in [-0.05, 0) is 25.1 Å². The number of piperazine rings is 1. The van der Waals surface area contributed by atoms with E-state index >= 15 is 0 Å². The molecule has 1 saturated heterocycles. The zero-order chi connectivity index (χ0) is 14.7. The van der Waals surface area contributed by atoms with E-state index in [2.05, 4.69) is 10.00 Å². The molecule has 0 aromatic carbocycles. The Kier molecular flexibility index (Phi) is 4.06. The Balaban J connectivity index is 1.47.